The third kappa shape index (κ3) is 5.45. The Morgan fingerprint density at radius 3 is 2.68 bits per heavy atom. The fourth-order valence-electron chi connectivity index (χ4n) is 3.66. The molecule has 1 heterocycles. The average Bonchev–Trinajstić information content (AvgIpc) is 3.09. The van der Waals surface area contributed by atoms with Gasteiger partial charge in [-0.05, 0) is 54.8 Å². The van der Waals surface area contributed by atoms with Crippen LogP contribution in [0.3, 0.4) is 0 Å². The lowest BCUT2D eigenvalue weighted by molar-refractivity contribution is -0.176. The molecule has 1 atom stereocenters. The smallest absolute Gasteiger partial charge is 0.411 e. The molecule has 7 heteroatoms. The second kappa shape index (κ2) is 8.92. The van der Waals surface area contributed by atoms with E-state index in [4.69, 9.17) is 9.47 Å². The molecule has 0 spiro atoms. The number of methoxy groups -OCH3 is 1. The van der Waals surface area contributed by atoms with Gasteiger partial charge in [-0.3, -0.25) is 4.90 Å². The van der Waals surface area contributed by atoms with Crippen LogP contribution in [0.1, 0.15) is 35.6 Å². The summed E-state index contributed by atoms with van der Waals surface area (Å²) in [6, 6.07) is 12.2. The molecule has 28 heavy (non-hydrogen) atoms. The lowest BCUT2D eigenvalue weighted by atomic mass is 10.0. The van der Waals surface area contributed by atoms with E-state index in [9.17, 15) is 17.6 Å². The molecule has 0 radical (unpaired) electrons. The van der Waals surface area contributed by atoms with E-state index in [1.54, 1.807) is 18.2 Å². The van der Waals surface area contributed by atoms with Crippen LogP contribution in [0, 0.1) is 5.82 Å². The maximum atomic E-state index is 13.6. The summed E-state index contributed by atoms with van der Waals surface area (Å²) in [5.41, 5.74) is 2.47. The monoisotopic (exact) mass is 397 g/mol. The van der Waals surface area contributed by atoms with Gasteiger partial charge in [0, 0.05) is 18.2 Å². The number of halogens is 4. The lowest BCUT2D eigenvalue weighted by Crippen LogP contribution is -2.23. The first-order valence-electron chi connectivity index (χ1n) is 9.15. The lowest BCUT2D eigenvalue weighted by Gasteiger charge is -2.25. The molecular formula is C21H23F4NO2. The van der Waals surface area contributed by atoms with Crippen molar-refractivity contribution >= 4 is 0 Å². The van der Waals surface area contributed by atoms with Crippen LogP contribution in [0.5, 0.6) is 5.75 Å². The first-order valence-corrected chi connectivity index (χ1v) is 9.15. The molecule has 3 rings (SSSR count). The van der Waals surface area contributed by atoms with E-state index < -0.39 is 12.8 Å². The van der Waals surface area contributed by atoms with E-state index in [1.807, 2.05) is 18.2 Å². The predicted octanol–water partition coefficient (Wildman–Crippen LogP) is 5.25. The van der Waals surface area contributed by atoms with Gasteiger partial charge in [-0.2, -0.15) is 13.2 Å². The van der Waals surface area contributed by atoms with Crippen LogP contribution in [0.25, 0.3) is 0 Å². The van der Waals surface area contributed by atoms with E-state index >= 15 is 0 Å². The number of benzene rings is 2. The third-order valence-electron chi connectivity index (χ3n) is 4.85. The van der Waals surface area contributed by atoms with Crippen LogP contribution >= 0.6 is 0 Å². The summed E-state index contributed by atoms with van der Waals surface area (Å²) in [5, 5.41) is 0. The van der Waals surface area contributed by atoms with Gasteiger partial charge in [0.1, 0.15) is 18.2 Å². The quantitative estimate of drug-likeness (QED) is 0.596. The highest BCUT2D eigenvalue weighted by atomic mass is 19.4. The van der Waals surface area contributed by atoms with Crippen LogP contribution in [-0.4, -0.2) is 31.3 Å². The molecule has 2 aromatic rings. The fourth-order valence-corrected chi connectivity index (χ4v) is 3.66. The normalized spacial score (nSPS) is 17.8. The first-order chi connectivity index (χ1) is 13.4. The summed E-state index contributed by atoms with van der Waals surface area (Å²) < 4.78 is 60.6. The van der Waals surface area contributed by atoms with Crippen LogP contribution in [0.2, 0.25) is 0 Å². The Balaban J connectivity index is 1.71. The number of nitrogens with zero attached hydrogens (tertiary/aromatic N) is 1. The zero-order valence-electron chi connectivity index (χ0n) is 15.6. The van der Waals surface area contributed by atoms with Crippen molar-refractivity contribution in [2.75, 3.05) is 20.3 Å². The van der Waals surface area contributed by atoms with Crippen LogP contribution in [-0.2, 0) is 17.9 Å². The Labute approximate surface area is 161 Å². The highest BCUT2D eigenvalue weighted by molar-refractivity contribution is 5.37. The average molecular weight is 397 g/mol. The van der Waals surface area contributed by atoms with Gasteiger partial charge in [0.05, 0.1) is 13.7 Å². The summed E-state index contributed by atoms with van der Waals surface area (Å²) in [5.74, 6) is 0.243. The van der Waals surface area contributed by atoms with E-state index in [0.717, 1.165) is 30.5 Å². The van der Waals surface area contributed by atoms with Crippen molar-refractivity contribution in [2.24, 2.45) is 0 Å². The minimum Gasteiger partial charge on any atom is -0.496 e. The summed E-state index contributed by atoms with van der Waals surface area (Å²) in [6.07, 6.45) is -2.40. The second-order valence-corrected chi connectivity index (χ2v) is 6.94. The van der Waals surface area contributed by atoms with Crippen molar-refractivity contribution in [1.29, 1.82) is 0 Å². The van der Waals surface area contributed by atoms with Gasteiger partial charge >= 0.3 is 6.18 Å². The molecule has 0 saturated carbocycles. The van der Waals surface area contributed by atoms with Gasteiger partial charge in [0.2, 0.25) is 0 Å². The summed E-state index contributed by atoms with van der Waals surface area (Å²) in [7, 11) is 1.47. The van der Waals surface area contributed by atoms with E-state index in [0.29, 0.717) is 17.9 Å². The Morgan fingerprint density at radius 2 is 1.96 bits per heavy atom. The Morgan fingerprint density at radius 1 is 1.14 bits per heavy atom. The zero-order chi connectivity index (χ0) is 20.1. The second-order valence-electron chi connectivity index (χ2n) is 6.94. The number of rotatable bonds is 7. The highest BCUT2D eigenvalue weighted by Gasteiger charge is 2.28. The molecular weight excluding hydrogens is 374 g/mol. The third-order valence-corrected chi connectivity index (χ3v) is 4.85. The van der Waals surface area contributed by atoms with Crippen LogP contribution in [0.4, 0.5) is 17.6 Å². The van der Waals surface area contributed by atoms with Crippen molar-refractivity contribution < 1.29 is 27.0 Å². The Kier molecular flexibility index (Phi) is 6.57. The largest absolute Gasteiger partial charge is 0.496 e. The molecule has 0 unspecified atom stereocenters. The predicted molar refractivity (Wildman–Crippen MR) is 97.5 cm³/mol. The molecule has 1 fully saturated rings. The van der Waals surface area contributed by atoms with Crippen molar-refractivity contribution in [3.05, 3.63) is 65.0 Å². The van der Waals surface area contributed by atoms with Gasteiger partial charge in [-0.1, -0.05) is 18.2 Å². The van der Waals surface area contributed by atoms with Gasteiger partial charge < -0.3 is 9.47 Å². The summed E-state index contributed by atoms with van der Waals surface area (Å²) in [6.45, 7) is 0.0303. The first kappa shape index (κ1) is 20.6. The molecule has 2 aromatic carbocycles. The molecule has 0 bridgehead atoms. The number of hydrogen-bond donors (Lipinski definition) is 0. The Hall–Kier alpha value is -2.12. The van der Waals surface area contributed by atoms with Crippen molar-refractivity contribution in [2.45, 2.75) is 38.2 Å². The van der Waals surface area contributed by atoms with Gasteiger partial charge in [-0.25, -0.2) is 4.39 Å². The molecule has 0 N–H and O–H groups in total. The molecule has 0 aliphatic carbocycles. The highest BCUT2D eigenvalue weighted by Crippen LogP contribution is 2.34. The van der Waals surface area contributed by atoms with E-state index in [1.165, 1.54) is 13.2 Å². The maximum absolute atomic E-state index is 13.6. The van der Waals surface area contributed by atoms with Gasteiger partial charge in [-0.15, -0.1) is 0 Å². The van der Waals surface area contributed by atoms with Crippen molar-refractivity contribution in [1.82, 2.24) is 4.90 Å². The summed E-state index contributed by atoms with van der Waals surface area (Å²) in [4.78, 5) is 2.26. The standard InChI is InChI=1S/C21H23F4NO2/c1-27-20-8-7-15(10-17(20)13-28-14-21(23,24)25)12-26-9-3-6-19(26)16-4-2-5-18(22)11-16/h2,4-5,7-8,10-11,19H,3,6,9,12-14H2,1H3/t19-/m0/s1. The molecule has 0 aromatic heterocycles. The van der Waals surface area contributed by atoms with Crippen LogP contribution in [0.15, 0.2) is 42.5 Å². The molecule has 3 nitrogen and oxygen atoms in total. The fraction of sp³-hybridized carbons (Fsp3) is 0.429. The number of likely N-dealkylation sites (tertiary alicyclic amines) is 1. The van der Waals surface area contributed by atoms with Crippen LogP contribution < -0.4 is 4.74 Å². The number of hydrogen-bond acceptors (Lipinski definition) is 3. The van der Waals surface area contributed by atoms with Gasteiger partial charge in [0.25, 0.3) is 0 Å². The topological polar surface area (TPSA) is 21.7 Å². The molecule has 1 aliphatic rings. The minimum atomic E-state index is -4.36. The molecule has 0 amide bonds. The van der Waals surface area contributed by atoms with Crippen molar-refractivity contribution in [3.63, 3.8) is 0 Å². The zero-order valence-corrected chi connectivity index (χ0v) is 15.6. The summed E-state index contributed by atoms with van der Waals surface area (Å²) >= 11 is 0. The molecule has 1 aliphatic heterocycles. The number of ether oxygens (including phenoxy) is 2. The number of alkyl halides is 3. The molecule has 1 saturated heterocycles. The maximum Gasteiger partial charge on any atom is 0.411 e. The Bertz CT molecular complexity index is 794. The van der Waals surface area contributed by atoms with E-state index in [2.05, 4.69) is 4.90 Å². The van der Waals surface area contributed by atoms with Gasteiger partial charge in [0.15, 0.2) is 0 Å². The SMILES string of the molecule is COc1ccc(CN2CCC[C@H]2c2cccc(F)c2)cc1COCC(F)(F)F. The van der Waals surface area contributed by atoms with E-state index in [-0.39, 0.29) is 18.5 Å². The molecule has 152 valence electrons. The van der Waals surface area contributed by atoms with Crippen molar-refractivity contribution in [3.8, 4) is 5.75 Å². The minimum absolute atomic E-state index is 0.128.